The number of nitrogens with one attached hydrogen (secondary N) is 1. The van der Waals surface area contributed by atoms with Crippen LogP contribution in [-0.4, -0.2) is 32.4 Å². The summed E-state index contributed by atoms with van der Waals surface area (Å²) in [5, 5.41) is 11.4. The van der Waals surface area contributed by atoms with E-state index in [9.17, 15) is 9.18 Å². The first kappa shape index (κ1) is 17.2. The van der Waals surface area contributed by atoms with Crippen molar-refractivity contribution in [1.82, 2.24) is 19.8 Å². The van der Waals surface area contributed by atoms with Crippen LogP contribution in [0.3, 0.4) is 0 Å². The first-order chi connectivity index (χ1) is 13.6. The van der Waals surface area contributed by atoms with Crippen LogP contribution in [0.5, 0.6) is 0 Å². The summed E-state index contributed by atoms with van der Waals surface area (Å²) in [5.74, 6) is 0.228. The smallest absolute Gasteiger partial charge is 0.322 e. The number of anilines is 1. The van der Waals surface area contributed by atoms with Crippen LogP contribution >= 0.6 is 11.6 Å². The Hall–Kier alpha value is -2.87. The van der Waals surface area contributed by atoms with E-state index in [4.69, 9.17) is 21.2 Å². The second-order valence-corrected chi connectivity index (χ2v) is 7.42. The van der Waals surface area contributed by atoms with Crippen molar-refractivity contribution in [3.63, 3.8) is 0 Å². The molecule has 9 heteroatoms. The molecule has 0 bridgehead atoms. The zero-order chi connectivity index (χ0) is 19.3. The standard InChI is InChI=1S/C19H17ClFN5O2/c20-14-8-12(3-4-15(14)21)23-19(27)25-7-5-16-13(10-25)17-18-11(9-22-28-18)2-1-6-26(17)24-16/h3-4,8-9H,1-2,5-7,10H2,(H,23,27). The lowest BCUT2D eigenvalue weighted by Crippen LogP contribution is -2.38. The fourth-order valence-corrected chi connectivity index (χ4v) is 4.03. The lowest BCUT2D eigenvalue weighted by Gasteiger charge is -2.27. The van der Waals surface area contributed by atoms with Gasteiger partial charge in [0.1, 0.15) is 11.5 Å². The molecule has 0 saturated heterocycles. The molecule has 0 spiro atoms. The number of urea groups is 1. The molecule has 4 heterocycles. The summed E-state index contributed by atoms with van der Waals surface area (Å²) < 4.78 is 20.8. The van der Waals surface area contributed by atoms with Gasteiger partial charge in [-0.2, -0.15) is 5.10 Å². The highest BCUT2D eigenvalue weighted by Crippen LogP contribution is 2.35. The normalized spacial score (nSPS) is 15.4. The number of benzene rings is 1. The van der Waals surface area contributed by atoms with Gasteiger partial charge in [0, 0.05) is 36.3 Å². The number of hydrogen-bond acceptors (Lipinski definition) is 4. The number of aryl methyl sites for hydroxylation is 2. The van der Waals surface area contributed by atoms with Crippen LogP contribution < -0.4 is 5.32 Å². The Kier molecular flexibility index (Phi) is 4.08. The van der Waals surface area contributed by atoms with Gasteiger partial charge in [-0.1, -0.05) is 16.8 Å². The lowest BCUT2D eigenvalue weighted by molar-refractivity contribution is 0.206. The van der Waals surface area contributed by atoms with Crippen LogP contribution in [0, 0.1) is 5.82 Å². The van der Waals surface area contributed by atoms with E-state index in [1.165, 1.54) is 18.2 Å². The number of hydrogen-bond donors (Lipinski definition) is 1. The van der Waals surface area contributed by atoms with Gasteiger partial charge in [-0.25, -0.2) is 9.18 Å². The number of aromatic nitrogens is 3. The molecule has 0 radical (unpaired) electrons. The minimum absolute atomic E-state index is 0.0291. The molecular formula is C19H17ClFN5O2. The average Bonchev–Trinajstić information content (AvgIpc) is 3.24. The number of nitrogens with zero attached hydrogens (tertiary/aromatic N) is 4. The minimum Gasteiger partial charge on any atom is -0.354 e. The maximum atomic E-state index is 13.3. The Balaban J connectivity index is 1.42. The zero-order valence-corrected chi connectivity index (χ0v) is 15.7. The van der Waals surface area contributed by atoms with Gasteiger partial charge in [0.05, 0.1) is 23.5 Å². The third-order valence-corrected chi connectivity index (χ3v) is 5.52. The average molecular weight is 402 g/mol. The molecule has 1 N–H and O–H groups in total. The summed E-state index contributed by atoms with van der Waals surface area (Å²) in [4.78, 5) is 14.5. The fraction of sp³-hybridized carbons (Fsp3) is 0.316. The first-order valence-corrected chi connectivity index (χ1v) is 9.51. The Morgan fingerprint density at radius 2 is 2.18 bits per heavy atom. The van der Waals surface area contributed by atoms with Crippen molar-refractivity contribution >= 4 is 23.3 Å². The third kappa shape index (κ3) is 2.84. The molecule has 7 nitrogen and oxygen atoms in total. The Bertz CT molecular complexity index is 1080. The van der Waals surface area contributed by atoms with Crippen LogP contribution in [-0.2, 0) is 25.9 Å². The number of amides is 2. The second-order valence-electron chi connectivity index (χ2n) is 7.01. The van der Waals surface area contributed by atoms with E-state index in [0.29, 0.717) is 25.2 Å². The molecule has 144 valence electrons. The number of carbonyl (C=O) groups excluding carboxylic acids is 1. The van der Waals surface area contributed by atoms with Crippen molar-refractivity contribution in [3.8, 4) is 11.5 Å². The van der Waals surface area contributed by atoms with Crippen LogP contribution in [0.1, 0.15) is 23.2 Å². The lowest BCUT2D eigenvalue weighted by atomic mass is 10.0. The Morgan fingerprint density at radius 3 is 3.04 bits per heavy atom. The van der Waals surface area contributed by atoms with E-state index in [2.05, 4.69) is 10.5 Å². The maximum Gasteiger partial charge on any atom is 0.322 e. The van der Waals surface area contributed by atoms with E-state index in [1.54, 1.807) is 11.1 Å². The van der Waals surface area contributed by atoms with Crippen LogP contribution in [0.2, 0.25) is 5.02 Å². The van der Waals surface area contributed by atoms with Crippen LogP contribution in [0.15, 0.2) is 28.9 Å². The third-order valence-electron chi connectivity index (χ3n) is 5.23. The van der Waals surface area contributed by atoms with Gasteiger partial charge in [0.15, 0.2) is 5.76 Å². The molecule has 0 aliphatic carbocycles. The van der Waals surface area contributed by atoms with Gasteiger partial charge >= 0.3 is 6.03 Å². The highest BCUT2D eigenvalue weighted by Gasteiger charge is 2.31. The molecule has 28 heavy (non-hydrogen) atoms. The maximum absolute atomic E-state index is 13.3. The molecule has 2 aliphatic rings. The molecular weight excluding hydrogens is 385 g/mol. The predicted octanol–water partition coefficient (Wildman–Crippen LogP) is 3.87. The number of fused-ring (bicyclic) bond motifs is 5. The van der Waals surface area contributed by atoms with E-state index in [0.717, 1.165) is 47.7 Å². The summed E-state index contributed by atoms with van der Waals surface area (Å²) in [6.07, 6.45) is 4.29. The number of halogens is 2. The zero-order valence-electron chi connectivity index (χ0n) is 14.9. The van der Waals surface area contributed by atoms with E-state index in [1.807, 2.05) is 4.68 Å². The predicted molar refractivity (Wildman–Crippen MR) is 101 cm³/mol. The minimum atomic E-state index is -0.521. The van der Waals surface area contributed by atoms with Crippen molar-refractivity contribution in [3.05, 3.63) is 52.1 Å². The Morgan fingerprint density at radius 1 is 1.29 bits per heavy atom. The SMILES string of the molecule is O=C(Nc1ccc(F)c(Cl)c1)N1CCc2nn3c(c2C1)-c1oncc1CCC3. The van der Waals surface area contributed by atoms with Gasteiger partial charge in [-0.3, -0.25) is 4.68 Å². The summed E-state index contributed by atoms with van der Waals surface area (Å²) in [7, 11) is 0. The highest BCUT2D eigenvalue weighted by molar-refractivity contribution is 6.31. The molecule has 2 aliphatic heterocycles. The van der Waals surface area contributed by atoms with Crippen LogP contribution in [0.25, 0.3) is 11.5 Å². The topological polar surface area (TPSA) is 76.2 Å². The van der Waals surface area contributed by atoms with Crippen molar-refractivity contribution in [2.45, 2.75) is 32.4 Å². The monoisotopic (exact) mass is 401 g/mol. The van der Waals surface area contributed by atoms with Crippen molar-refractivity contribution in [2.75, 3.05) is 11.9 Å². The molecule has 0 saturated carbocycles. The first-order valence-electron chi connectivity index (χ1n) is 9.13. The summed E-state index contributed by atoms with van der Waals surface area (Å²) in [5.41, 5.74) is 4.44. The van der Waals surface area contributed by atoms with Gasteiger partial charge in [0.25, 0.3) is 0 Å². The van der Waals surface area contributed by atoms with E-state index < -0.39 is 5.82 Å². The quantitative estimate of drug-likeness (QED) is 0.671. The molecule has 2 aromatic heterocycles. The van der Waals surface area contributed by atoms with E-state index in [-0.39, 0.29) is 11.1 Å². The molecule has 5 rings (SSSR count). The molecule has 0 unspecified atom stereocenters. The summed E-state index contributed by atoms with van der Waals surface area (Å²) in [6.45, 7) is 1.78. The number of rotatable bonds is 1. The van der Waals surface area contributed by atoms with Gasteiger partial charge in [-0.15, -0.1) is 0 Å². The van der Waals surface area contributed by atoms with Gasteiger partial charge < -0.3 is 14.7 Å². The summed E-state index contributed by atoms with van der Waals surface area (Å²) in [6, 6.07) is 3.85. The molecule has 0 fully saturated rings. The van der Waals surface area contributed by atoms with Crippen LogP contribution in [0.4, 0.5) is 14.9 Å². The fourth-order valence-electron chi connectivity index (χ4n) is 3.84. The van der Waals surface area contributed by atoms with Gasteiger partial charge in [0.2, 0.25) is 0 Å². The number of carbonyl (C=O) groups is 1. The van der Waals surface area contributed by atoms with Gasteiger partial charge in [-0.05, 0) is 31.0 Å². The van der Waals surface area contributed by atoms with E-state index >= 15 is 0 Å². The molecule has 1 aromatic carbocycles. The molecule has 0 atom stereocenters. The largest absolute Gasteiger partial charge is 0.354 e. The van der Waals surface area contributed by atoms with Crippen molar-refractivity contribution < 1.29 is 13.7 Å². The second kappa shape index (κ2) is 6.63. The summed E-state index contributed by atoms with van der Waals surface area (Å²) >= 11 is 5.80. The van der Waals surface area contributed by atoms with Crippen molar-refractivity contribution in [2.24, 2.45) is 0 Å². The Labute approximate surface area is 165 Å². The highest BCUT2D eigenvalue weighted by atomic mass is 35.5. The molecule has 3 aromatic rings. The van der Waals surface area contributed by atoms with Crippen molar-refractivity contribution in [1.29, 1.82) is 0 Å². The molecule has 2 amide bonds.